The summed E-state index contributed by atoms with van der Waals surface area (Å²) in [6, 6.07) is 5.11. The van der Waals surface area contributed by atoms with Gasteiger partial charge in [-0.2, -0.15) is 0 Å². The van der Waals surface area contributed by atoms with Crippen LogP contribution in [-0.4, -0.2) is 22.0 Å². The van der Waals surface area contributed by atoms with Crippen molar-refractivity contribution < 1.29 is 14.1 Å². The van der Waals surface area contributed by atoms with E-state index in [1.165, 1.54) is 0 Å². The standard InChI is InChI=1S/C15H13ClN2O4/c16-11-5-7(1-4-12(11)21-8-2-3-8)13(19)9-6-10(9)14-17-15(20)22-18-14/h1,4-5,8-10H,2-3,6H2,(H,17,18,20)/t9-,10-/m0/s1. The molecule has 114 valence electrons. The average molecular weight is 321 g/mol. The Morgan fingerprint density at radius 1 is 1.41 bits per heavy atom. The highest BCUT2D eigenvalue weighted by Gasteiger charge is 2.46. The Morgan fingerprint density at radius 2 is 2.23 bits per heavy atom. The maximum Gasteiger partial charge on any atom is 0.438 e. The molecule has 0 unspecified atom stereocenters. The van der Waals surface area contributed by atoms with Gasteiger partial charge in [0.2, 0.25) is 0 Å². The Morgan fingerprint density at radius 3 is 2.86 bits per heavy atom. The third kappa shape index (κ3) is 2.54. The fourth-order valence-corrected chi connectivity index (χ4v) is 2.74. The molecule has 1 N–H and O–H groups in total. The van der Waals surface area contributed by atoms with Crippen LogP contribution in [0.25, 0.3) is 0 Å². The summed E-state index contributed by atoms with van der Waals surface area (Å²) in [4.78, 5) is 25.9. The fourth-order valence-electron chi connectivity index (χ4n) is 2.52. The maximum atomic E-state index is 12.4. The molecule has 0 amide bonds. The van der Waals surface area contributed by atoms with Crippen molar-refractivity contribution in [2.45, 2.75) is 31.3 Å². The highest BCUT2D eigenvalue weighted by molar-refractivity contribution is 6.32. The van der Waals surface area contributed by atoms with Gasteiger partial charge in [-0.25, -0.2) is 4.79 Å². The van der Waals surface area contributed by atoms with Crippen molar-refractivity contribution in [1.82, 2.24) is 10.1 Å². The lowest BCUT2D eigenvalue weighted by Crippen LogP contribution is -2.05. The summed E-state index contributed by atoms with van der Waals surface area (Å²) in [6.07, 6.45) is 3.02. The second-order valence-corrected chi connectivity index (χ2v) is 6.16. The molecular weight excluding hydrogens is 308 g/mol. The van der Waals surface area contributed by atoms with E-state index in [1.54, 1.807) is 18.2 Å². The minimum Gasteiger partial charge on any atom is -0.489 e. The molecule has 2 saturated carbocycles. The fraction of sp³-hybridized carbons (Fsp3) is 0.400. The van der Waals surface area contributed by atoms with Gasteiger partial charge < -0.3 is 4.74 Å². The minimum absolute atomic E-state index is 0.00581. The first-order valence-corrected chi connectivity index (χ1v) is 7.56. The second kappa shape index (κ2) is 4.98. The molecule has 2 aliphatic carbocycles. The Kier molecular flexibility index (Phi) is 3.07. The van der Waals surface area contributed by atoms with Crippen LogP contribution in [0.15, 0.2) is 27.5 Å². The van der Waals surface area contributed by atoms with Crippen molar-refractivity contribution in [2.75, 3.05) is 0 Å². The largest absolute Gasteiger partial charge is 0.489 e. The van der Waals surface area contributed by atoms with Gasteiger partial charge >= 0.3 is 5.76 Å². The van der Waals surface area contributed by atoms with E-state index in [0.29, 0.717) is 28.6 Å². The molecule has 0 saturated heterocycles. The Bertz CT molecular complexity index is 793. The molecule has 0 aliphatic heterocycles. The van der Waals surface area contributed by atoms with Gasteiger partial charge in [-0.05, 0) is 37.5 Å². The number of carbonyl (C=O) groups is 1. The number of carbonyl (C=O) groups excluding carboxylic acids is 1. The molecule has 2 aliphatic rings. The van der Waals surface area contributed by atoms with Crippen LogP contribution < -0.4 is 10.5 Å². The summed E-state index contributed by atoms with van der Waals surface area (Å²) in [6.45, 7) is 0. The first-order valence-electron chi connectivity index (χ1n) is 7.18. The summed E-state index contributed by atoms with van der Waals surface area (Å²) in [7, 11) is 0. The van der Waals surface area contributed by atoms with Crippen LogP contribution in [0.5, 0.6) is 5.75 Å². The van der Waals surface area contributed by atoms with Crippen molar-refractivity contribution in [3.05, 3.63) is 45.2 Å². The number of H-pyrrole nitrogens is 1. The number of hydrogen-bond donors (Lipinski definition) is 1. The van der Waals surface area contributed by atoms with Gasteiger partial charge in [0.1, 0.15) is 5.75 Å². The van der Waals surface area contributed by atoms with E-state index in [4.69, 9.17) is 16.3 Å². The van der Waals surface area contributed by atoms with E-state index in [1.807, 2.05) is 0 Å². The third-order valence-corrected chi connectivity index (χ3v) is 4.27. The topological polar surface area (TPSA) is 85.2 Å². The van der Waals surface area contributed by atoms with Crippen LogP contribution in [0.3, 0.4) is 0 Å². The Hall–Kier alpha value is -2.08. The number of nitrogens with zero attached hydrogens (tertiary/aromatic N) is 1. The van der Waals surface area contributed by atoms with Crippen molar-refractivity contribution >= 4 is 17.4 Å². The minimum atomic E-state index is -0.599. The lowest BCUT2D eigenvalue weighted by Gasteiger charge is -2.08. The third-order valence-electron chi connectivity index (χ3n) is 3.97. The van der Waals surface area contributed by atoms with Crippen LogP contribution in [-0.2, 0) is 0 Å². The van der Waals surface area contributed by atoms with Gasteiger partial charge in [0.15, 0.2) is 11.6 Å². The average Bonchev–Trinajstić information content (AvgIpc) is 3.41. The summed E-state index contributed by atoms with van der Waals surface area (Å²) in [5.41, 5.74) is 0.548. The summed E-state index contributed by atoms with van der Waals surface area (Å²) < 4.78 is 10.1. The number of rotatable bonds is 5. The van der Waals surface area contributed by atoms with E-state index in [0.717, 1.165) is 12.8 Å². The molecule has 7 heteroatoms. The summed E-state index contributed by atoms with van der Waals surface area (Å²) in [5, 5.41) is 4.08. The summed E-state index contributed by atoms with van der Waals surface area (Å²) >= 11 is 6.18. The molecular formula is C15H13ClN2O4. The Labute approximate surface area is 130 Å². The van der Waals surface area contributed by atoms with Gasteiger partial charge in [0, 0.05) is 17.4 Å². The molecule has 0 bridgehead atoms. The molecule has 22 heavy (non-hydrogen) atoms. The number of ether oxygens (including phenoxy) is 1. The molecule has 6 nitrogen and oxygen atoms in total. The van der Waals surface area contributed by atoms with Gasteiger partial charge in [-0.15, -0.1) is 0 Å². The predicted octanol–water partition coefficient (Wildman–Crippen LogP) is 2.54. The van der Waals surface area contributed by atoms with Crippen molar-refractivity contribution in [3.63, 3.8) is 0 Å². The molecule has 1 heterocycles. The molecule has 2 atom stereocenters. The first-order chi connectivity index (χ1) is 10.6. The lowest BCUT2D eigenvalue weighted by atomic mass is 10.1. The van der Waals surface area contributed by atoms with E-state index >= 15 is 0 Å². The predicted molar refractivity (Wildman–Crippen MR) is 77.4 cm³/mol. The molecule has 0 spiro atoms. The van der Waals surface area contributed by atoms with Crippen LogP contribution in [0.1, 0.15) is 41.4 Å². The van der Waals surface area contributed by atoms with Gasteiger partial charge in [0.05, 0.1) is 11.1 Å². The van der Waals surface area contributed by atoms with E-state index in [2.05, 4.69) is 14.7 Å². The van der Waals surface area contributed by atoms with Gasteiger partial charge in [-0.3, -0.25) is 14.3 Å². The summed E-state index contributed by atoms with van der Waals surface area (Å²) in [5.74, 6) is 0.176. The Balaban J connectivity index is 1.49. The van der Waals surface area contributed by atoms with E-state index in [-0.39, 0.29) is 23.7 Å². The first kappa shape index (κ1) is 13.6. The number of aromatic nitrogens is 2. The highest BCUT2D eigenvalue weighted by atomic mass is 35.5. The molecule has 0 radical (unpaired) electrons. The quantitative estimate of drug-likeness (QED) is 0.856. The number of halogens is 1. The van der Waals surface area contributed by atoms with Crippen LogP contribution in [0, 0.1) is 5.92 Å². The zero-order valence-corrected chi connectivity index (χ0v) is 12.3. The zero-order chi connectivity index (χ0) is 15.3. The van der Waals surface area contributed by atoms with Crippen LogP contribution in [0.4, 0.5) is 0 Å². The highest BCUT2D eigenvalue weighted by Crippen LogP contribution is 2.48. The number of benzene rings is 1. The molecule has 1 aromatic carbocycles. The molecule has 1 aromatic heterocycles. The normalized spacial score (nSPS) is 23.3. The van der Waals surface area contributed by atoms with Crippen molar-refractivity contribution in [1.29, 1.82) is 0 Å². The van der Waals surface area contributed by atoms with Crippen molar-refractivity contribution in [2.24, 2.45) is 5.92 Å². The molecule has 2 fully saturated rings. The zero-order valence-electron chi connectivity index (χ0n) is 11.5. The van der Waals surface area contributed by atoms with E-state index < -0.39 is 5.76 Å². The SMILES string of the molecule is O=C(c1ccc(OC2CC2)c(Cl)c1)[C@H]1C[C@@H]1c1noc(=O)[nH]1. The lowest BCUT2D eigenvalue weighted by molar-refractivity contribution is 0.0964. The number of aromatic amines is 1. The molecule has 4 rings (SSSR count). The smallest absolute Gasteiger partial charge is 0.438 e. The van der Waals surface area contributed by atoms with Crippen LogP contribution >= 0.6 is 11.6 Å². The maximum absolute atomic E-state index is 12.4. The monoisotopic (exact) mass is 320 g/mol. The second-order valence-electron chi connectivity index (χ2n) is 5.76. The van der Waals surface area contributed by atoms with Gasteiger partial charge in [0.25, 0.3) is 0 Å². The van der Waals surface area contributed by atoms with Crippen LogP contribution in [0.2, 0.25) is 5.02 Å². The van der Waals surface area contributed by atoms with Crippen molar-refractivity contribution in [3.8, 4) is 5.75 Å². The van der Waals surface area contributed by atoms with Gasteiger partial charge in [-0.1, -0.05) is 16.8 Å². The number of Topliss-reactive ketones (excluding diaryl/α,β-unsaturated/α-hetero) is 1. The number of hydrogen-bond acceptors (Lipinski definition) is 5. The number of ketones is 1. The van der Waals surface area contributed by atoms with E-state index in [9.17, 15) is 9.59 Å². The number of nitrogens with one attached hydrogen (secondary N) is 1. The molecule has 2 aromatic rings.